The van der Waals surface area contributed by atoms with Crippen molar-refractivity contribution in [3.8, 4) is 11.5 Å². The van der Waals surface area contributed by atoms with Crippen molar-refractivity contribution in [2.24, 2.45) is 0 Å². The molecule has 0 saturated carbocycles. The van der Waals surface area contributed by atoms with E-state index in [1.807, 2.05) is 0 Å². The van der Waals surface area contributed by atoms with Gasteiger partial charge in [0.1, 0.15) is 17.3 Å². The van der Waals surface area contributed by atoms with Crippen LogP contribution in [0.25, 0.3) is 6.08 Å². The number of fused-ring (bicyclic) bond motifs is 1. The minimum absolute atomic E-state index is 0.0181. The van der Waals surface area contributed by atoms with Crippen molar-refractivity contribution in [2.75, 3.05) is 0 Å². The molecule has 0 aromatic heterocycles. The summed E-state index contributed by atoms with van der Waals surface area (Å²) in [7, 11) is 0. The molecule has 6 heteroatoms. The van der Waals surface area contributed by atoms with Gasteiger partial charge in [0.15, 0.2) is 5.76 Å². The van der Waals surface area contributed by atoms with Crippen LogP contribution in [-0.2, 0) is 0 Å². The number of ketones is 1. The van der Waals surface area contributed by atoms with E-state index in [4.69, 9.17) is 9.47 Å². The monoisotopic (exact) mass is 452 g/mol. The Morgan fingerprint density at radius 1 is 1.10 bits per heavy atom. The number of Topliss-reactive ketones (excluding diaryl/α,β-unsaturated/α-hetero) is 1. The number of rotatable bonds is 3. The summed E-state index contributed by atoms with van der Waals surface area (Å²) in [5.74, 6) is -0.766. The minimum Gasteiger partial charge on any atom is -0.452 e. The number of ether oxygens (including phenoxy) is 2. The van der Waals surface area contributed by atoms with Crippen molar-refractivity contribution in [1.29, 1.82) is 0 Å². The highest BCUT2D eigenvalue weighted by Gasteiger charge is 2.30. The molecular weight excluding hydrogens is 439 g/mol. The molecule has 0 fully saturated rings. The van der Waals surface area contributed by atoms with Gasteiger partial charge in [-0.05, 0) is 55.0 Å². The Labute approximate surface area is 174 Å². The molecule has 0 atom stereocenters. The third-order valence-electron chi connectivity index (χ3n) is 4.43. The molecule has 0 radical (unpaired) electrons. The molecule has 0 N–H and O–H groups in total. The Bertz CT molecular complexity index is 1170. The van der Waals surface area contributed by atoms with Gasteiger partial charge in [-0.2, -0.15) is 0 Å². The second-order valence-electron chi connectivity index (χ2n) is 6.47. The number of benzene rings is 3. The van der Waals surface area contributed by atoms with Crippen molar-refractivity contribution in [3.63, 3.8) is 0 Å². The molecule has 1 aliphatic heterocycles. The summed E-state index contributed by atoms with van der Waals surface area (Å²) in [6.07, 6.45) is 1.37. The van der Waals surface area contributed by atoms with Crippen molar-refractivity contribution in [1.82, 2.24) is 0 Å². The van der Waals surface area contributed by atoms with Crippen LogP contribution < -0.4 is 9.47 Å². The lowest BCUT2D eigenvalue weighted by atomic mass is 10.0. The van der Waals surface area contributed by atoms with Crippen LogP contribution >= 0.6 is 15.9 Å². The number of allylic oxidation sites excluding steroid dienone is 1. The molecule has 0 saturated heterocycles. The number of hydrogen-bond acceptors (Lipinski definition) is 4. The van der Waals surface area contributed by atoms with Crippen LogP contribution in [0.3, 0.4) is 0 Å². The first-order valence-corrected chi connectivity index (χ1v) is 9.53. The third kappa shape index (κ3) is 3.84. The lowest BCUT2D eigenvalue weighted by Gasteiger charge is -2.08. The van der Waals surface area contributed by atoms with Crippen molar-refractivity contribution in [3.05, 3.63) is 99.0 Å². The maximum atomic E-state index is 13.9. The van der Waals surface area contributed by atoms with E-state index in [2.05, 4.69) is 15.9 Å². The van der Waals surface area contributed by atoms with E-state index in [1.165, 1.54) is 18.2 Å². The first kappa shape index (κ1) is 19.1. The highest BCUT2D eigenvalue weighted by Crippen LogP contribution is 2.37. The molecule has 1 aliphatic rings. The summed E-state index contributed by atoms with van der Waals surface area (Å²) in [5.41, 5.74) is 1.62. The zero-order chi connectivity index (χ0) is 20.5. The highest BCUT2D eigenvalue weighted by molar-refractivity contribution is 9.10. The van der Waals surface area contributed by atoms with Crippen LogP contribution in [-0.4, -0.2) is 11.8 Å². The molecule has 0 spiro atoms. The van der Waals surface area contributed by atoms with Crippen LogP contribution in [0.1, 0.15) is 31.8 Å². The molecule has 0 unspecified atom stereocenters. The average molecular weight is 453 g/mol. The second-order valence-corrected chi connectivity index (χ2v) is 7.39. The fourth-order valence-electron chi connectivity index (χ4n) is 3.02. The third-order valence-corrected chi connectivity index (χ3v) is 4.95. The molecule has 3 aromatic rings. The van der Waals surface area contributed by atoms with Gasteiger partial charge in [0.05, 0.1) is 11.1 Å². The molecule has 1 heterocycles. The van der Waals surface area contributed by atoms with Gasteiger partial charge in [-0.3, -0.25) is 4.79 Å². The molecule has 29 heavy (non-hydrogen) atoms. The number of carbonyl (C=O) groups excluding carboxylic acids is 2. The summed E-state index contributed by atoms with van der Waals surface area (Å²) in [5, 5.41) is 0. The maximum Gasteiger partial charge on any atom is 0.343 e. The quantitative estimate of drug-likeness (QED) is 0.289. The lowest BCUT2D eigenvalue weighted by Crippen LogP contribution is -2.08. The highest BCUT2D eigenvalue weighted by atomic mass is 79.9. The van der Waals surface area contributed by atoms with Gasteiger partial charge in [-0.15, -0.1) is 0 Å². The van der Waals surface area contributed by atoms with E-state index in [0.29, 0.717) is 16.7 Å². The van der Waals surface area contributed by atoms with Gasteiger partial charge in [-0.25, -0.2) is 9.18 Å². The number of carbonyl (C=O) groups is 2. The van der Waals surface area contributed by atoms with E-state index in [9.17, 15) is 14.0 Å². The lowest BCUT2D eigenvalue weighted by molar-refractivity contribution is 0.0734. The van der Waals surface area contributed by atoms with Crippen LogP contribution in [0.15, 0.2) is 70.9 Å². The Balaban J connectivity index is 1.62. The van der Waals surface area contributed by atoms with Gasteiger partial charge in [-0.1, -0.05) is 34.1 Å². The molecular formula is C23H14BrFO4. The van der Waals surface area contributed by atoms with E-state index in [-0.39, 0.29) is 28.6 Å². The van der Waals surface area contributed by atoms with Gasteiger partial charge in [0.2, 0.25) is 5.78 Å². The van der Waals surface area contributed by atoms with Crippen molar-refractivity contribution in [2.45, 2.75) is 6.92 Å². The van der Waals surface area contributed by atoms with E-state index >= 15 is 0 Å². The fraction of sp³-hybridized carbons (Fsp3) is 0.0435. The molecule has 4 nitrogen and oxygen atoms in total. The summed E-state index contributed by atoms with van der Waals surface area (Å²) >= 11 is 3.31. The van der Waals surface area contributed by atoms with Gasteiger partial charge in [0.25, 0.3) is 0 Å². The second kappa shape index (κ2) is 7.64. The number of hydrogen-bond donors (Lipinski definition) is 0. The molecule has 3 aromatic carbocycles. The van der Waals surface area contributed by atoms with Gasteiger partial charge < -0.3 is 9.47 Å². The van der Waals surface area contributed by atoms with E-state index in [0.717, 1.165) is 4.47 Å². The normalized spacial score (nSPS) is 13.9. The predicted octanol–water partition coefficient (Wildman–Crippen LogP) is 5.73. The van der Waals surface area contributed by atoms with Gasteiger partial charge in [0, 0.05) is 16.1 Å². The van der Waals surface area contributed by atoms with E-state index < -0.39 is 11.8 Å². The Kier molecular flexibility index (Phi) is 5.03. The standard InChI is InChI=1S/C23H14BrFO4/c1-13-10-17(28-23(27)14-6-8-16(24)9-7-14)12-19-21(13)22(26)20(29-19)11-15-4-2-3-5-18(15)25/h2-12H,1H3/b20-11-. The van der Waals surface area contributed by atoms with Crippen LogP contribution in [0.4, 0.5) is 4.39 Å². The minimum atomic E-state index is -0.525. The first-order chi connectivity index (χ1) is 13.9. The summed E-state index contributed by atoms with van der Waals surface area (Å²) in [4.78, 5) is 25.0. The summed E-state index contributed by atoms with van der Waals surface area (Å²) in [6.45, 7) is 1.73. The zero-order valence-electron chi connectivity index (χ0n) is 15.2. The molecule has 0 aliphatic carbocycles. The summed E-state index contributed by atoms with van der Waals surface area (Å²) < 4.78 is 25.8. The molecule has 144 valence electrons. The molecule has 0 bridgehead atoms. The smallest absolute Gasteiger partial charge is 0.343 e. The Hall–Kier alpha value is -3.25. The fourth-order valence-corrected chi connectivity index (χ4v) is 3.29. The van der Waals surface area contributed by atoms with Crippen molar-refractivity contribution >= 4 is 33.8 Å². The SMILES string of the molecule is Cc1cc(OC(=O)c2ccc(Br)cc2)cc2c1C(=O)/C(=C/c1ccccc1F)O2. The van der Waals surface area contributed by atoms with Gasteiger partial charge >= 0.3 is 5.97 Å². The number of esters is 1. The maximum absolute atomic E-state index is 13.9. The Morgan fingerprint density at radius 3 is 2.55 bits per heavy atom. The van der Waals surface area contributed by atoms with Crippen LogP contribution in [0.2, 0.25) is 0 Å². The number of halogens is 2. The van der Waals surface area contributed by atoms with Crippen molar-refractivity contribution < 1.29 is 23.5 Å². The van der Waals surface area contributed by atoms with E-state index in [1.54, 1.807) is 55.5 Å². The first-order valence-electron chi connectivity index (χ1n) is 8.73. The molecule has 0 amide bonds. The zero-order valence-corrected chi connectivity index (χ0v) is 16.8. The average Bonchev–Trinajstić information content (AvgIpc) is 3.00. The Morgan fingerprint density at radius 2 is 1.83 bits per heavy atom. The topological polar surface area (TPSA) is 52.6 Å². The molecule has 4 rings (SSSR count). The largest absolute Gasteiger partial charge is 0.452 e. The predicted molar refractivity (Wildman–Crippen MR) is 110 cm³/mol. The van der Waals surface area contributed by atoms with Crippen LogP contribution in [0, 0.1) is 12.7 Å². The number of aryl methyl sites for hydroxylation is 1. The summed E-state index contributed by atoms with van der Waals surface area (Å²) in [6, 6.07) is 16.0. The van der Waals surface area contributed by atoms with Crippen LogP contribution in [0.5, 0.6) is 11.5 Å².